The molecule has 0 fully saturated rings. The van der Waals surface area contributed by atoms with E-state index in [-0.39, 0.29) is 12.1 Å². The maximum absolute atomic E-state index is 11.8. The minimum absolute atomic E-state index is 0.0000511. The molecule has 5 heteroatoms. The van der Waals surface area contributed by atoms with Gasteiger partial charge < -0.3 is 16.4 Å². The molecule has 0 radical (unpaired) electrons. The monoisotopic (exact) mass is 289 g/mol. The van der Waals surface area contributed by atoms with Crippen LogP contribution in [0.25, 0.3) is 0 Å². The smallest absolute Gasteiger partial charge is 0.319 e. The zero-order chi connectivity index (χ0) is 14.5. The van der Waals surface area contributed by atoms with E-state index >= 15 is 0 Å². The summed E-state index contributed by atoms with van der Waals surface area (Å²) in [6.07, 6.45) is 0. The van der Waals surface area contributed by atoms with Crippen molar-refractivity contribution in [1.82, 2.24) is 5.32 Å². The molecule has 0 aliphatic carbocycles. The van der Waals surface area contributed by atoms with Crippen LogP contribution in [0.15, 0.2) is 36.4 Å². The second-order valence-electron chi connectivity index (χ2n) is 4.73. The van der Waals surface area contributed by atoms with Crippen molar-refractivity contribution in [1.29, 1.82) is 0 Å². The van der Waals surface area contributed by atoms with Gasteiger partial charge in [-0.2, -0.15) is 0 Å². The second-order valence-corrected chi connectivity index (χ2v) is 6.10. The molecule has 0 bridgehead atoms. The van der Waals surface area contributed by atoms with Gasteiger partial charge in [0.25, 0.3) is 0 Å². The summed E-state index contributed by atoms with van der Waals surface area (Å²) in [5.41, 5.74) is 7.59. The number of rotatable bonds is 4. The highest BCUT2D eigenvalue weighted by molar-refractivity contribution is 7.11. The van der Waals surface area contributed by atoms with Gasteiger partial charge in [-0.05, 0) is 43.7 Å². The van der Waals surface area contributed by atoms with Crippen LogP contribution < -0.4 is 16.4 Å². The SMILES string of the molecule is Cc1ccc(CNC(=O)Nc2ccc(C(C)N)cc2)s1. The van der Waals surface area contributed by atoms with Crippen LogP contribution in [0.5, 0.6) is 0 Å². The van der Waals surface area contributed by atoms with E-state index in [1.807, 2.05) is 50.2 Å². The Balaban J connectivity index is 1.84. The normalized spacial score (nSPS) is 11.9. The average molecular weight is 289 g/mol. The third kappa shape index (κ3) is 4.08. The fraction of sp³-hybridized carbons (Fsp3) is 0.267. The third-order valence-corrected chi connectivity index (χ3v) is 3.91. The van der Waals surface area contributed by atoms with E-state index in [0.717, 1.165) is 16.1 Å². The molecule has 4 N–H and O–H groups in total. The molecule has 2 rings (SSSR count). The quantitative estimate of drug-likeness (QED) is 0.807. The Morgan fingerprint density at radius 3 is 2.50 bits per heavy atom. The lowest BCUT2D eigenvalue weighted by atomic mass is 10.1. The number of carbonyl (C=O) groups excluding carboxylic acids is 1. The minimum atomic E-state index is -0.204. The topological polar surface area (TPSA) is 67.2 Å². The molecule has 0 aliphatic heterocycles. The van der Waals surface area contributed by atoms with Crippen LogP contribution in [-0.4, -0.2) is 6.03 Å². The Labute approximate surface area is 123 Å². The summed E-state index contributed by atoms with van der Waals surface area (Å²) in [7, 11) is 0. The van der Waals surface area contributed by atoms with Gasteiger partial charge in [-0.25, -0.2) is 4.79 Å². The molecule has 0 spiro atoms. The largest absolute Gasteiger partial charge is 0.333 e. The lowest BCUT2D eigenvalue weighted by Gasteiger charge is -2.09. The number of hydrogen-bond acceptors (Lipinski definition) is 3. The van der Waals surface area contributed by atoms with Gasteiger partial charge in [-0.1, -0.05) is 12.1 Å². The van der Waals surface area contributed by atoms with Crippen molar-refractivity contribution in [3.05, 3.63) is 51.7 Å². The van der Waals surface area contributed by atoms with Crippen LogP contribution in [0.2, 0.25) is 0 Å². The minimum Gasteiger partial charge on any atom is -0.333 e. The molecule has 20 heavy (non-hydrogen) atoms. The first-order chi connectivity index (χ1) is 9.54. The number of urea groups is 1. The zero-order valence-electron chi connectivity index (χ0n) is 11.6. The Morgan fingerprint density at radius 2 is 1.95 bits per heavy atom. The molecule has 0 saturated heterocycles. The number of hydrogen-bond donors (Lipinski definition) is 3. The number of aryl methyl sites for hydroxylation is 1. The Morgan fingerprint density at radius 1 is 1.25 bits per heavy atom. The first-order valence-corrected chi connectivity index (χ1v) is 7.32. The highest BCUT2D eigenvalue weighted by atomic mass is 32.1. The van der Waals surface area contributed by atoms with Crippen LogP contribution >= 0.6 is 11.3 Å². The van der Waals surface area contributed by atoms with Crippen molar-refractivity contribution in [2.75, 3.05) is 5.32 Å². The molecule has 1 heterocycles. The summed E-state index contributed by atoms with van der Waals surface area (Å²) in [6, 6.07) is 11.4. The Hall–Kier alpha value is -1.85. The molecule has 2 aromatic rings. The number of nitrogens with one attached hydrogen (secondary N) is 2. The fourth-order valence-electron chi connectivity index (χ4n) is 1.79. The van der Waals surface area contributed by atoms with Crippen molar-refractivity contribution in [2.24, 2.45) is 5.73 Å². The van der Waals surface area contributed by atoms with E-state index in [1.54, 1.807) is 11.3 Å². The van der Waals surface area contributed by atoms with Gasteiger partial charge >= 0.3 is 6.03 Å². The molecular weight excluding hydrogens is 270 g/mol. The van der Waals surface area contributed by atoms with Gasteiger partial charge in [0.15, 0.2) is 0 Å². The van der Waals surface area contributed by atoms with Gasteiger partial charge in [0.05, 0.1) is 6.54 Å². The van der Waals surface area contributed by atoms with Crippen molar-refractivity contribution < 1.29 is 4.79 Å². The molecule has 0 saturated carbocycles. The predicted octanol–water partition coefficient (Wildman–Crippen LogP) is 3.40. The van der Waals surface area contributed by atoms with E-state index in [1.165, 1.54) is 4.88 Å². The summed E-state index contributed by atoms with van der Waals surface area (Å²) in [6.45, 7) is 4.52. The Kier molecular flexibility index (Phi) is 4.76. The number of carbonyl (C=O) groups is 1. The van der Waals surface area contributed by atoms with E-state index in [2.05, 4.69) is 10.6 Å². The van der Waals surface area contributed by atoms with Crippen LogP contribution in [0.1, 0.15) is 28.3 Å². The molecule has 1 aromatic carbocycles. The van der Waals surface area contributed by atoms with Crippen LogP contribution in [0.3, 0.4) is 0 Å². The lowest BCUT2D eigenvalue weighted by molar-refractivity contribution is 0.252. The summed E-state index contributed by atoms with van der Waals surface area (Å²) in [5, 5.41) is 5.63. The fourth-order valence-corrected chi connectivity index (χ4v) is 2.62. The van der Waals surface area contributed by atoms with E-state index in [9.17, 15) is 4.79 Å². The second kappa shape index (κ2) is 6.54. The van der Waals surface area contributed by atoms with Crippen molar-refractivity contribution in [3.8, 4) is 0 Å². The predicted molar refractivity (Wildman–Crippen MR) is 84.0 cm³/mol. The molecule has 2 amide bonds. The molecule has 106 valence electrons. The highest BCUT2D eigenvalue weighted by Crippen LogP contribution is 2.15. The first-order valence-electron chi connectivity index (χ1n) is 6.50. The summed E-state index contributed by atoms with van der Waals surface area (Å²) < 4.78 is 0. The molecule has 1 atom stereocenters. The van der Waals surface area contributed by atoms with Gasteiger partial charge in [0, 0.05) is 21.5 Å². The van der Waals surface area contributed by atoms with Crippen molar-refractivity contribution >= 4 is 23.1 Å². The van der Waals surface area contributed by atoms with Crippen LogP contribution in [-0.2, 0) is 6.54 Å². The van der Waals surface area contributed by atoms with E-state index in [0.29, 0.717) is 6.54 Å². The first kappa shape index (κ1) is 14.6. The molecule has 1 aromatic heterocycles. The number of thiophene rings is 1. The van der Waals surface area contributed by atoms with Crippen molar-refractivity contribution in [3.63, 3.8) is 0 Å². The van der Waals surface area contributed by atoms with Crippen LogP contribution in [0, 0.1) is 6.92 Å². The van der Waals surface area contributed by atoms with Crippen molar-refractivity contribution in [2.45, 2.75) is 26.4 Å². The number of benzene rings is 1. The lowest BCUT2D eigenvalue weighted by Crippen LogP contribution is -2.27. The maximum Gasteiger partial charge on any atom is 0.319 e. The summed E-state index contributed by atoms with van der Waals surface area (Å²) >= 11 is 1.68. The van der Waals surface area contributed by atoms with Gasteiger partial charge in [-0.15, -0.1) is 11.3 Å². The summed E-state index contributed by atoms with van der Waals surface area (Å²) in [4.78, 5) is 14.2. The highest BCUT2D eigenvalue weighted by Gasteiger charge is 2.04. The number of anilines is 1. The molecule has 1 unspecified atom stereocenters. The average Bonchev–Trinajstić information content (AvgIpc) is 2.83. The maximum atomic E-state index is 11.8. The number of nitrogens with two attached hydrogens (primary N) is 1. The van der Waals surface area contributed by atoms with Gasteiger partial charge in [-0.3, -0.25) is 0 Å². The van der Waals surface area contributed by atoms with E-state index < -0.39 is 0 Å². The zero-order valence-corrected chi connectivity index (χ0v) is 12.5. The van der Waals surface area contributed by atoms with Crippen LogP contribution in [0.4, 0.5) is 10.5 Å². The number of amides is 2. The van der Waals surface area contributed by atoms with Gasteiger partial charge in [0.2, 0.25) is 0 Å². The molecule has 0 aliphatic rings. The van der Waals surface area contributed by atoms with Gasteiger partial charge in [0.1, 0.15) is 0 Å². The Bertz CT molecular complexity index is 575. The molecule has 4 nitrogen and oxygen atoms in total. The molecular formula is C15H19N3OS. The standard InChI is InChI=1S/C15H19N3OS/c1-10-3-8-14(20-10)9-17-15(19)18-13-6-4-12(5-7-13)11(2)16/h3-8,11H,9,16H2,1-2H3,(H2,17,18,19). The summed E-state index contributed by atoms with van der Waals surface area (Å²) in [5.74, 6) is 0. The third-order valence-electron chi connectivity index (χ3n) is 2.91. The van der Waals surface area contributed by atoms with E-state index in [4.69, 9.17) is 5.73 Å².